The van der Waals surface area contributed by atoms with Gasteiger partial charge >= 0.3 is 0 Å². The lowest BCUT2D eigenvalue weighted by atomic mass is 9.80. The molecule has 0 unspecified atom stereocenters. The Morgan fingerprint density at radius 2 is 1.11 bits per heavy atom. The van der Waals surface area contributed by atoms with Gasteiger partial charge in [0, 0.05) is 23.0 Å². The first-order valence-corrected chi connectivity index (χ1v) is 9.32. The van der Waals surface area contributed by atoms with Crippen molar-refractivity contribution in [3.63, 3.8) is 0 Å². The third-order valence-electron chi connectivity index (χ3n) is 5.31. The zero-order chi connectivity index (χ0) is 18.6. The third kappa shape index (κ3) is 3.37. The average molecular weight is 346 g/mol. The minimum atomic E-state index is 0.230. The Balaban J connectivity index is 1.81. The lowest BCUT2D eigenvalue weighted by Gasteiger charge is -2.23. The molecule has 0 heterocycles. The fourth-order valence-corrected chi connectivity index (χ4v) is 4.01. The molecule has 0 aliphatic heterocycles. The molecule has 130 valence electrons. The zero-order valence-corrected chi connectivity index (χ0v) is 15.5. The predicted molar refractivity (Wildman–Crippen MR) is 114 cm³/mol. The summed E-state index contributed by atoms with van der Waals surface area (Å²) in [6, 6.07) is 31.5. The molecule has 0 fully saturated rings. The van der Waals surface area contributed by atoms with Crippen molar-refractivity contribution < 1.29 is 0 Å². The predicted octanol–water partition coefficient (Wildman–Crippen LogP) is 6.49. The van der Waals surface area contributed by atoms with E-state index in [2.05, 4.69) is 86.0 Å². The van der Waals surface area contributed by atoms with Crippen LogP contribution in [0.5, 0.6) is 0 Å². The molecule has 2 atom stereocenters. The lowest BCUT2D eigenvalue weighted by Crippen LogP contribution is -2.08. The first-order chi connectivity index (χ1) is 13.3. The van der Waals surface area contributed by atoms with Gasteiger partial charge in [-0.15, -0.1) is 0 Å². The summed E-state index contributed by atoms with van der Waals surface area (Å²) in [7, 11) is 0. The first-order valence-electron chi connectivity index (χ1n) is 9.32. The van der Waals surface area contributed by atoms with E-state index in [0.29, 0.717) is 0 Å². The van der Waals surface area contributed by atoms with E-state index in [4.69, 9.17) is 0 Å². The molecule has 0 N–H and O–H groups in total. The summed E-state index contributed by atoms with van der Waals surface area (Å²) in [5, 5.41) is 0. The van der Waals surface area contributed by atoms with Gasteiger partial charge in [-0.3, -0.25) is 0 Å². The Morgan fingerprint density at radius 3 is 1.67 bits per heavy atom. The maximum Gasteiger partial charge on any atom is 0.0277 e. The highest BCUT2D eigenvalue weighted by atomic mass is 14.4. The fourth-order valence-electron chi connectivity index (χ4n) is 4.01. The molecule has 0 aromatic heterocycles. The minimum Gasteiger partial charge on any atom is -0.0939 e. The first kappa shape index (κ1) is 17.1. The molecule has 0 heteroatoms. The van der Waals surface area contributed by atoms with Crippen LogP contribution in [-0.2, 0) is 0 Å². The van der Waals surface area contributed by atoms with Gasteiger partial charge in [-0.25, -0.2) is 0 Å². The van der Waals surface area contributed by atoms with Crippen LogP contribution in [0.2, 0.25) is 0 Å². The Morgan fingerprint density at radius 1 is 0.630 bits per heavy atom. The van der Waals surface area contributed by atoms with Gasteiger partial charge < -0.3 is 0 Å². The molecular formula is C27H22. The van der Waals surface area contributed by atoms with Gasteiger partial charge in [0.15, 0.2) is 0 Å². The molecule has 0 saturated carbocycles. The van der Waals surface area contributed by atoms with Crippen LogP contribution in [0.25, 0.3) is 0 Å². The number of benzene rings is 3. The molecule has 3 aromatic carbocycles. The SMILES string of the molecule is C=C1C(C#Cc2ccccc2)=C(C)[C@@H](c2ccccc2)[C@@H]1c1ccccc1. The van der Waals surface area contributed by atoms with E-state index in [1.165, 1.54) is 16.7 Å². The van der Waals surface area contributed by atoms with Gasteiger partial charge in [-0.1, -0.05) is 97.3 Å². The Labute approximate surface area is 161 Å². The summed E-state index contributed by atoms with van der Waals surface area (Å²) < 4.78 is 0. The topological polar surface area (TPSA) is 0 Å². The van der Waals surface area contributed by atoms with Crippen LogP contribution >= 0.6 is 0 Å². The summed E-state index contributed by atoms with van der Waals surface area (Å²) in [6.07, 6.45) is 0. The lowest BCUT2D eigenvalue weighted by molar-refractivity contribution is 0.717. The normalized spacial score (nSPS) is 18.9. The highest BCUT2D eigenvalue weighted by Crippen LogP contribution is 2.51. The third-order valence-corrected chi connectivity index (χ3v) is 5.31. The molecule has 0 bridgehead atoms. The highest BCUT2D eigenvalue weighted by Gasteiger charge is 2.36. The number of hydrogen-bond donors (Lipinski definition) is 0. The molecule has 0 spiro atoms. The summed E-state index contributed by atoms with van der Waals surface area (Å²) >= 11 is 0. The van der Waals surface area contributed by atoms with Crippen molar-refractivity contribution in [1.82, 2.24) is 0 Å². The van der Waals surface area contributed by atoms with E-state index in [1.807, 2.05) is 30.3 Å². The minimum absolute atomic E-state index is 0.230. The van der Waals surface area contributed by atoms with Crippen molar-refractivity contribution in [2.75, 3.05) is 0 Å². The molecule has 4 rings (SSSR count). The van der Waals surface area contributed by atoms with Crippen LogP contribution in [0, 0.1) is 11.8 Å². The zero-order valence-electron chi connectivity index (χ0n) is 15.5. The smallest absolute Gasteiger partial charge is 0.0277 e. The fraction of sp³-hybridized carbons (Fsp3) is 0.111. The average Bonchev–Trinajstić information content (AvgIpc) is 2.98. The van der Waals surface area contributed by atoms with Crippen LogP contribution in [-0.4, -0.2) is 0 Å². The Kier molecular flexibility index (Phi) is 4.77. The number of allylic oxidation sites excluding steroid dienone is 3. The quantitative estimate of drug-likeness (QED) is 0.465. The largest absolute Gasteiger partial charge is 0.0939 e. The van der Waals surface area contributed by atoms with Crippen molar-refractivity contribution in [2.45, 2.75) is 18.8 Å². The highest BCUT2D eigenvalue weighted by molar-refractivity contribution is 5.63. The van der Waals surface area contributed by atoms with Crippen LogP contribution in [0.15, 0.2) is 114 Å². The van der Waals surface area contributed by atoms with Gasteiger partial charge in [0.05, 0.1) is 0 Å². The van der Waals surface area contributed by atoms with Gasteiger partial charge in [-0.05, 0) is 41.3 Å². The van der Waals surface area contributed by atoms with Crippen molar-refractivity contribution in [3.05, 3.63) is 131 Å². The van der Waals surface area contributed by atoms with Crippen molar-refractivity contribution in [3.8, 4) is 11.8 Å². The van der Waals surface area contributed by atoms with E-state index in [0.717, 1.165) is 16.7 Å². The number of hydrogen-bond acceptors (Lipinski definition) is 0. The molecule has 1 aliphatic rings. The van der Waals surface area contributed by atoms with E-state index in [9.17, 15) is 0 Å². The van der Waals surface area contributed by atoms with E-state index in [1.54, 1.807) is 0 Å². The summed E-state index contributed by atoms with van der Waals surface area (Å²) in [5.74, 6) is 7.26. The van der Waals surface area contributed by atoms with Crippen LogP contribution in [0.1, 0.15) is 35.4 Å². The Hall–Kier alpha value is -3.30. The van der Waals surface area contributed by atoms with Gasteiger partial charge in [-0.2, -0.15) is 0 Å². The monoisotopic (exact) mass is 346 g/mol. The van der Waals surface area contributed by atoms with Crippen molar-refractivity contribution in [1.29, 1.82) is 0 Å². The van der Waals surface area contributed by atoms with Crippen molar-refractivity contribution in [2.24, 2.45) is 0 Å². The maximum absolute atomic E-state index is 4.47. The molecule has 27 heavy (non-hydrogen) atoms. The van der Waals surface area contributed by atoms with E-state index < -0.39 is 0 Å². The van der Waals surface area contributed by atoms with Crippen molar-refractivity contribution >= 4 is 0 Å². The van der Waals surface area contributed by atoms with E-state index >= 15 is 0 Å². The summed E-state index contributed by atoms with van der Waals surface area (Å²) in [4.78, 5) is 0. The van der Waals surface area contributed by atoms with Gasteiger partial charge in [0.2, 0.25) is 0 Å². The molecule has 0 nitrogen and oxygen atoms in total. The molecule has 0 saturated heterocycles. The standard InChI is InChI=1S/C27H22/c1-20-25(19-18-22-12-6-3-7-13-22)21(2)27(24-16-10-5-11-17-24)26(20)23-14-8-4-9-15-23/h3-17,26-27H,1H2,2H3/t26-,27-/m0/s1. The van der Waals surface area contributed by atoms with E-state index in [-0.39, 0.29) is 11.8 Å². The second-order valence-corrected chi connectivity index (χ2v) is 6.98. The van der Waals surface area contributed by atoms with Gasteiger partial charge in [0.1, 0.15) is 0 Å². The Bertz CT molecular complexity index is 1030. The molecule has 3 aromatic rings. The van der Waals surface area contributed by atoms with Crippen LogP contribution in [0.4, 0.5) is 0 Å². The molecule has 0 amide bonds. The second kappa shape index (κ2) is 7.52. The summed E-state index contributed by atoms with van der Waals surface area (Å²) in [6.45, 7) is 6.68. The van der Waals surface area contributed by atoms with Crippen LogP contribution < -0.4 is 0 Å². The maximum atomic E-state index is 4.47. The second-order valence-electron chi connectivity index (χ2n) is 6.98. The van der Waals surface area contributed by atoms with Crippen LogP contribution in [0.3, 0.4) is 0 Å². The van der Waals surface area contributed by atoms with Gasteiger partial charge in [0.25, 0.3) is 0 Å². The molecule has 1 aliphatic carbocycles. The molecule has 0 radical (unpaired) electrons. The summed E-state index contributed by atoms with van der Waals surface area (Å²) in [5.41, 5.74) is 7.18. The number of rotatable bonds is 2. The molecular weight excluding hydrogens is 324 g/mol.